The fourth-order valence-electron chi connectivity index (χ4n) is 3.34. The van der Waals surface area contributed by atoms with Crippen LogP contribution in [-0.2, 0) is 6.42 Å². The molecular formula is C16H23ClN2. The van der Waals surface area contributed by atoms with E-state index in [9.17, 15) is 0 Å². The van der Waals surface area contributed by atoms with Crippen molar-refractivity contribution in [1.29, 1.82) is 0 Å². The Hall–Kier alpha value is -0.760. The highest BCUT2D eigenvalue weighted by molar-refractivity contribution is 6.21. The van der Waals surface area contributed by atoms with Crippen molar-refractivity contribution < 1.29 is 0 Å². The second-order valence-electron chi connectivity index (χ2n) is 5.99. The first-order valence-electron chi connectivity index (χ1n) is 7.69. The predicted molar refractivity (Wildman–Crippen MR) is 79.6 cm³/mol. The zero-order valence-corrected chi connectivity index (χ0v) is 12.3. The average Bonchev–Trinajstić information content (AvgIpc) is 3.01. The molecule has 3 heteroatoms. The summed E-state index contributed by atoms with van der Waals surface area (Å²) in [5.74, 6) is 0. The zero-order chi connectivity index (χ0) is 13.1. The van der Waals surface area contributed by atoms with Gasteiger partial charge in [-0.1, -0.05) is 30.9 Å². The van der Waals surface area contributed by atoms with Crippen molar-refractivity contribution in [2.45, 2.75) is 69.2 Å². The van der Waals surface area contributed by atoms with Gasteiger partial charge in [0.15, 0.2) is 0 Å². The van der Waals surface area contributed by atoms with Crippen LogP contribution in [0.5, 0.6) is 0 Å². The first-order chi connectivity index (χ1) is 9.31. The van der Waals surface area contributed by atoms with Crippen LogP contribution in [0.1, 0.15) is 63.1 Å². The molecule has 0 bridgehead atoms. The Morgan fingerprint density at radius 3 is 2.79 bits per heavy atom. The molecule has 1 aromatic rings. The third kappa shape index (κ3) is 3.42. The number of halogens is 1. The number of alkyl halides is 1. The summed E-state index contributed by atoms with van der Waals surface area (Å²) in [4.78, 5) is 0. The number of rotatable bonds is 3. The van der Waals surface area contributed by atoms with Gasteiger partial charge in [0, 0.05) is 12.6 Å². The van der Waals surface area contributed by atoms with Gasteiger partial charge in [-0.2, -0.15) is 5.10 Å². The van der Waals surface area contributed by atoms with Crippen LogP contribution in [-0.4, -0.2) is 15.2 Å². The molecule has 2 aliphatic carbocycles. The number of aromatic nitrogens is 2. The van der Waals surface area contributed by atoms with E-state index in [1.165, 1.54) is 56.2 Å². The van der Waals surface area contributed by atoms with Crippen LogP contribution in [0, 0.1) is 0 Å². The van der Waals surface area contributed by atoms with E-state index in [2.05, 4.69) is 23.0 Å². The smallest absolute Gasteiger partial charge is 0.0665 e. The van der Waals surface area contributed by atoms with Gasteiger partial charge in [0.25, 0.3) is 0 Å². The Kier molecular flexibility index (Phi) is 4.27. The lowest BCUT2D eigenvalue weighted by Gasteiger charge is -2.09. The van der Waals surface area contributed by atoms with Crippen LogP contribution in [0.4, 0.5) is 0 Å². The van der Waals surface area contributed by atoms with E-state index in [0.29, 0.717) is 6.04 Å². The monoisotopic (exact) mass is 278 g/mol. The van der Waals surface area contributed by atoms with E-state index < -0.39 is 0 Å². The molecule has 0 aromatic carbocycles. The number of hydrogen-bond donors (Lipinski definition) is 0. The largest absolute Gasteiger partial charge is 0.269 e. The lowest BCUT2D eigenvalue weighted by atomic mass is 10.1. The molecule has 0 N–H and O–H groups in total. The van der Waals surface area contributed by atoms with Gasteiger partial charge in [-0.3, -0.25) is 4.68 Å². The molecular weight excluding hydrogens is 256 g/mol. The first-order valence-corrected chi connectivity index (χ1v) is 8.12. The van der Waals surface area contributed by atoms with Gasteiger partial charge in [-0.15, -0.1) is 11.6 Å². The second kappa shape index (κ2) is 6.13. The van der Waals surface area contributed by atoms with Crippen LogP contribution >= 0.6 is 11.6 Å². The highest BCUT2D eigenvalue weighted by Gasteiger charge is 2.18. The number of allylic oxidation sites excluding steroid dienone is 2. The summed E-state index contributed by atoms with van der Waals surface area (Å²) in [6, 6.07) is 2.84. The molecule has 1 aromatic heterocycles. The van der Waals surface area contributed by atoms with Gasteiger partial charge in [-0.05, 0) is 38.2 Å². The normalized spacial score (nSPS) is 25.3. The minimum absolute atomic E-state index is 0.231. The maximum Gasteiger partial charge on any atom is 0.0665 e. The third-order valence-corrected chi connectivity index (χ3v) is 4.76. The Morgan fingerprint density at radius 2 is 1.95 bits per heavy atom. The van der Waals surface area contributed by atoms with Gasteiger partial charge in [0.2, 0.25) is 0 Å². The third-order valence-electron chi connectivity index (χ3n) is 4.41. The molecule has 0 radical (unpaired) electrons. The molecule has 0 aliphatic heterocycles. The van der Waals surface area contributed by atoms with E-state index in [1.54, 1.807) is 0 Å². The molecule has 2 nitrogen and oxygen atoms in total. The summed E-state index contributed by atoms with van der Waals surface area (Å²) < 4.78 is 2.19. The minimum Gasteiger partial charge on any atom is -0.269 e. The fraction of sp³-hybridized carbons (Fsp3) is 0.688. The van der Waals surface area contributed by atoms with Crippen LogP contribution in [0.2, 0.25) is 0 Å². The van der Waals surface area contributed by atoms with E-state index in [-0.39, 0.29) is 5.38 Å². The molecule has 0 amide bonds. The summed E-state index contributed by atoms with van der Waals surface area (Å²) in [6.45, 7) is 0. The Labute approximate surface area is 120 Å². The Balaban J connectivity index is 1.66. The van der Waals surface area contributed by atoms with Crippen molar-refractivity contribution in [3.05, 3.63) is 29.6 Å². The van der Waals surface area contributed by atoms with Crippen molar-refractivity contribution in [1.82, 2.24) is 9.78 Å². The van der Waals surface area contributed by atoms with E-state index in [0.717, 1.165) is 12.8 Å². The van der Waals surface area contributed by atoms with Gasteiger partial charge < -0.3 is 0 Å². The van der Waals surface area contributed by atoms with Crippen molar-refractivity contribution in [2.75, 3.05) is 0 Å². The fourth-order valence-corrected chi connectivity index (χ4v) is 3.67. The van der Waals surface area contributed by atoms with Crippen LogP contribution in [0.3, 0.4) is 0 Å². The molecule has 1 saturated carbocycles. The lowest BCUT2D eigenvalue weighted by Crippen LogP contribution is -2.06. The highest BCUT2D eigenvalue weighted by atomic mass is 35.5. The average molecular weight is 279 g/mol. The highest BCUT2D eigenvalue weighted by Crippen LogP contribution is 2.29. The van der Waals surface area contributed by atoms with Crippen molar-refractivity contribution >= 4 is 11.6 Å². The molecule has 104 valence electrons. The van der Waals surface area contributed by atoms with Gasteiger partial charge in [0.1, 0.15) is 0 Å². The van der Waals surface area contributed by atoms with Crippen LogP contribution < -0.4 is 0 Å². The summed E-state index contributed by atoms with van der Waals surface area (Å²) in [5, 5.41) is 5.01. The Bertz CT molecular complexity index is 443. The molecule has 1 heterocycles. The van der Waals surface area contributed by atoms with Crippen molar-refractivity contribution in [3.8, 4) is 0 Å². The van der Waals surface area contributed by atoms with Crippen LogP contribution in [0.15, 0.2) is 23.9 Å². The molecule has 0 spiro atoms. The van der Waals surface area contributed by atoms with Crippen molar-refractivity contribution in [2.24, 2.45) is 0 Å². The van der Waals surface area contributed by atoms with Gasteiger partial charge >= 0.3 is 0 Å². The molecule has 3 rings (SSSR count). The standard InChI is InChI=1S/C16H23ClN2/c17-14-6-2-1-5-13(11-14)12-15-9-10-19(18-15)16-7-3-4-8-16/h9-11,14,16H,1-8,12H2. The predicted octanol–water partition coefficient (Wildman–Crippen LogP) is 4.65. The molecule has 1 atom stereocenters. The maximum atomic E-state index is 6.29. The van der Waals surface area contributed by atoms with E-state index in [1.807, 2.05) is 0 Å². The van der Waals surface area contributed by atoms with Crippen LogP contribution in [0.25, 0.3) is 0 Å². The molecule has 1 fully saturated rings. The molecule has 0 saturated heterocycles. The summed E-state index contributed by atoms with van der Waals surface area (Å²) >= 11 is 6.29. The van der Waals surface area contributed by atoms with E-state index >= 15 is 0 Å². The lowest BCUT2D eigenvalue weighted by molar-refractivity contribution is 0.463. The summed E-state index contributed by atoms with van der Waals surface area (Å²) in [5.41, 5.74) is 2.69. The van der Waals surface area contributed by atoms with Crippen molar-refractivity contribution in [3.63, 3.8) is 0 Å². The van der Waals surface area contributed by atoms with Gasteiger partial charge in [-0.25, -0.2) is 0 Å². The zero-order valence-electron chi connectivity index (χ0n) is 11.5. The quantitative estimate of drug-likeness (QED) is 0.581. The molecule has 19 heavy (non-hydrogen) atoms. The number of nitrogens with zero attached hydrogens (tertiary/aromatic N) is 2. The molecule has 2 aliphatic rings. The van der Waals surface area contributed by atoms with E-state index in [4.69, 9.17) is 16.7 Å². The molecule has 1 unspecified atom stereocenters. The summed E-state index contributed by atoms with van der Waals surface area (Å²) in [7, 11) is 0. The maximum absolute atomic E-state index is 6.29. The van der Waals surface area contributed by atoms with Gasteiger partial charge in [0.05, 0.1) is 17.1 Å². The topological polar surface area (TPSA) is 17.8 Å². The number of hydrogen-bond acceptors (Lipinski definition) is 1. The minimum atomic E-state index is 0.231. The Morgan fingerprint density at radius 1 is 1.16 bits per heavy atom. The SMILES string of the molecule is ClC1C=C(Cc2ccn(C3CCCC3)n2)CCCC1. The summed E-state index contributed by atoms with van der Waals surface area (Å²) in [6.07, 6.45) is 15.6. The second-order valence-corrected chi connectivity index (χ2v) is 6.55. The first kappa shape index (κ1) is 13.2.